The van der Waals surface area contributed by atoms with Crippen LogP contribution in [0.4, 0.5) is 5.82 Å². The van der Waals surface area contributed by atoms with Gasteiger partial charge in [-0.15, -0.1) is 0 Å². The molecule has 0 aliphatic carbocycles. The molecule has 0 atom stereocenters. The minimum Gasteiger partial charge on any atom is -0.369 e. The van der Waals surface area contributed by atoms with Gasteiger partial charge in [0.15, 0.2) is 5.82 Å². The van der Waals surface area contributed by atoms with Gasteiger partial charge in [0.25, 0.3) is 0 Å². The monoisotopic (exact) mass is 348 g/mol. The zero-order valence-electron chi connectivity index (χ0n) is 13.0. The number of hydrogen-bond acceptors (Lipinski definition) is 4. The van der Waals surface area contributed by atoms with E-state index in [-0.39, 0.29) is 0 Å². The standard InChI is InChI=1S/C16H21BrN4/c1-5-7-18-15-13(17)12(6-2)20-16(21-15)14-11(4)8-10(3)9-19-14/h8-9H,5-7H2,1-4H3,(H,18,20,21). The lowest BCUT2D eigenvalue weighted by molar-refractivity contribution is 0.940. The van der Waals surface area contributed by atoms with E-state index in [1.807, 2.05) is 20.0 Å². The highest BCUT2D eigenvalue weighted by Crippen LogP contribution is 2.28. The molecule has 1 N–H and O–H groups in total. The van der Waals surface area contributed by atoms with Crippen molar-refractivity contribution in [3.05, 3.63) is 33.6 Å². The van der Waals surface area contributed by atoms with Crippen LogP contribution < -0.4 is 5.32 Å². The molecule has 0 saturated heterocycles. The van der Waals surface area contributed by atoms with Gasteiger partial charge >= 0.3 is 0 Å². The van der Waals surface area contributed by atoms with Crippen molar-refractivity contribution in [2.45, 2.75) is 40.5 Å². The van der Waals surface area contributed by atoms with Crippen LogP contribution in [0.2, 0.25) is 0 Å². The highest BCUT2D eigenvalue weighted by atomic mass is 79.9. The minimum absolute atomic E-state index is 0.686. The quantitative estimate of drug-likeness (QED) is 0.874. The normalized spacial score (nSPS) is 10.7. The molecule has 0 spiro atoms. The second-order valence-electron chi connectivity index (χ2n) is 5.11. The fourth-order valence-electron chi connectivity index (χ4n) is 2.14. The van der Waals surface area contributed by atoms with Crippen molar-refractivity contribution in [3.63, 3.8) is 0 Å². The lowest BCUT2D eigenvalue weighted by Crippen LogP contribution is -2.08. The Labute approximate surface area is 134 Å². The lowest BCUT2D eigenvalue weighted by atomic mass is 10.1. The van der Waals surface area contributed by atoms with Crippen molar-refractivity contribution in [1.82, 2.24) is 15.0 Å². The molecule has 0 aliphatic rings. The smallest absolute Gasteiger partial charge is 0.180 e. The summed E-state index contributed by atoms with van der Waals surface area (Å²) >= 11 is 3.60. The Kier molecular flexibility index (Phi) is 5.28. The Morgan fingerprint density at radius 2 is 1.95 bits per heavy atom. The molecule has 0 amide bonds. The zero-order chi connectivity index (χ0) is 15.4. The molecule has 4 nitrogen and oxygen atoms in total. The Hall–Kier alpha value is -1.49. The van der Waals surface area contributed by atoms with Crippen LogP contribution in [0, 0.1) is 13.8 Å². The predicted octanol–water partition coefficient (Wildman–Crippen LogP) is 4.30. The van der Waals surface area contributed by atoms with Gasteiger partial charge in [-0.1, -0.05) is 19.9 Å². The average Bonchev–Trinajstić information content (AvgIpc) is 2.46. The molecule has 0 radical (unpaired) electrons. The third-order valence-electron chi connectivity index (χ3n) is 3.22. The van der Waals surface area contributed by atoms with Crippen LogP contribution in [0.1, 0.15) is 37.1 Å². The van der Waals surface area contributed by atoms with Crippen LogP contribution in [-0.4, -0.2) is 21.5 Å². The Bertz CT molecular complexity index is 640. The van der Waals surface area contributed by atoms with Crippen LogP contribution >= 0.6 is 15.9 Å². The first-order valence-electron chi connectivity index (χ1n) is 7.30. The van der Waals surface area contributed by atoms with Crippen molar-refractivity contribution >= 4 is 21.7 Å². The molecule has 2 aromatic rings. The number of nitrogens with one attached hydrogen (secondary N) is 1. The van der Waals surface area contributed by atoms with Crippen molar-refractivity contribution < 1.29 is 0 Å². The highest BCUT2D eigenvalue weighted by molar-refractivity contribution is 9.10. The van der Waals surface area contributed by atoms with E-state index in [4.69, 9.17) is 0 Å². The van der Waals surface area contributed by atoms with Crippen LogP contribution in [0.3, 0.4) is 0 Å². The Morgan fingerprint density at radius 3 is 2.57 bits per heavy atom. The zero-order valence-corrected chi connectivity index (χ0v) is 14.6. The van der Waals surface area contributed by atoms with E-state index in [0.717, 1.165) is 52.2 Å². The maximum absolute atomic E-state index is 4.66. The number of hydrogen-bond donors (Lipinski definition) is 1. The van der Waals surface area contributed by atoms with Gasteiger partial charge in [-0.2, -0.15) is 0 Å². The number of aromatic nitrogens is 3. The molecule has 112 valence electrons. The van der Waals surface area contributed by atoms with Crippen molar-refractivity contribution in [1.29, 1.82) is 0 Å². The summed E-state index contributed by atoms with van der Waals surface area (Å²) in [5.74, 6) is 1.53. The van der Waals surface area contributed by atoms with Gasteiger partial charge in [-0.3, -0.25) is 4.98 Å². The molecule has 2 rings (SSSR count). The third kappa shape index (κ3) is 3.59. The summed E-state index contributed by atoms with van der Waals surface area (Å²) < 4.78 is 0.951. The van der Waals surface area contributed by atoms with Gasteiger partial charge in [0.2, 0.25) is 0 Å². The van der Waals surface area contributed by atoms with Gasteiger partial charge in [0.05, 0.1) is 10.2 Å². The summed E-state index contributed by atoms with van der Waals surface area (Å²) in [4.78, 5) is 13.8. The average molecular weight is 349 g/mol. The van der Waals surface area contributed by atoms with E-state index < -0.39 is 0 Å². The molecule has 0 aromatic carbocycles. The number of aryl methyl sites for hydroxylation is 3. The molecule has 0 saturated carbocycles. The highest BCUT2D eigenvalue weighted by Gasteiger charge is 2.14. The lowest BCUT2D eigenvalue weighted by Gasteiger charge is -2.12. The number of halogens is 1. The van der Waals surface area contributed by atoms with E-state index in [2.05, 4.69) is 56.1 Å². The molecule has 2 heterocycles. The fourth-order valence-corrected chi connectivity index (χ4v) is 2.74. The number of nitrogens with zero attached hydrogens (tertiary/aromatic N) is 3. The summed E-state index contributed by atoms with van der Waals surface area (Å²) in [7, 11) is 0. The Morgan fingerprint density at radius 1 is 1.19 bits per heavy atom. The molecular weight excluding hydrogens is 328 g/mol. The maximum atomic E-state index is 4.66. The summed E-state index contributed by atoms with van der Waals surface area (Å²) in [5.41, 5.74) is 4.09. The second kappa shape index (κ2) is 6.98. The minimum atomic E-state index is 0.686. The first kappa shape index (κ1) is 15.9. The summed E-state index contributed by atoms with van der Waals surface area (Å²) in [6.45, 7) is 9.20. The van der Waals surface area contributed by atoms with Crippen LogP contribution in [0.15, 0.2) is 16.7 Å². The molecule has 0 aliphatic heterocycles. The van der Waals surface area contributed by atoms with Gasteiger partial charge in [-0.25, -0.2) is 9.97 Å². The predicted molar refractivity (Wildman–Crippen MR) is 90.6 cm³/mol. The number of anilines is 1. The molecule has 2 aromatic heterocycles. The summed E-state index contributed by atoms with van der Waals surface area (Å²) in [6, 6.07) is 2.11. The van der Waals surface area contributed by atoms with E-state index in [9.17, 15) is 0 Å². The summed E-state index contributed by atoms with van der Waals surface area (Å²) in [5, 5.41) is 3.35. The largest absolute Gasteiger partial charge is 0.369 e. The van der Waals surface area contributed by atoms with Gasteiger partial charge < -0.3 is 5.32 Å². The first-order valence-corrected chi connectivity index (χ1v) is 8.10. The number of rotatable bonds is 5. The van der Waals surface area contributed by atoms with Gasteiger partial charge in [0, 0.05) is 12.7 Å². The van der Waals surface area contributed by atoms with Crippen LogP contribution in [0.5, 0.6) is 0 Å². The van der Waals surface area contributed by atoms with Crippen LogP contribution in [0.25, 0.3) is 11.5 Å². The third-order valence-corrected chi connectivity index (χ3v) is 4.06. The molecule has 5 heteroatoms. The SMILES string of the molecule is CCCNc1nc(-c2ncc(C)cc2C)nc(CC)c1Br. The van der Waals surface area contributed by atoms with E-state index in [0.29, 0.717) is 5.82 Å². The van der Waals surface area contributed by atoms with Gasteiger partial charge in [-0.05, 0) is 53.7 Å². The second-order valence-corrected chi connectivity index (χ2v) is 5.91. The van der Waals surface area contributed by atoms with Crippen molar-refractivity contribution in [2.75, 3.05) is 11.9 Å². The molecular formula is C16H21BrN4. The molecule has 0 bridgehead atoms. The summed E-state index contributed by atoms with van der Waals surface area (Å²) in [6.07, 6.45) is 3.76. The van der Waals surface area contributed by atoms with Crippen molar-refractivity contribution in [2.24, 2.45) is 0 Å². The molecule has 0 fully saturated rings. The fraction of sp³-hybridized carbons (Fsp3) is 0.438. The molecule has 0 unspecified atom stereocenters. The van der Waals surface area contributed by atoms with Crippen LogP contribution in [-0.2, 0) is 6.42 Å². The Balaban J connectivity index is 2.52. The van der Waals surface area contributed by atoms with Crippen molar-refractivity contribution in [3.8, 4) is 11.5 Å². The molecule has 21 heavy (non-hydrogen) atoms. The van der Waals surface area contributed by atoms with E-state index in [1.165, 1.54) is 0 Å². The topological polar surface area (TPSA) is 50.7 Å². The van der Waals surface area contributed by atoms with E-state index >= 15 is 0 Å². The first-order chi connectivity index (χ1) is 10.1. The maximum Gasteiger partial charge on any atom is 0.180 e. The number of pyridine rings is 1. The van der Waals surface area contributed by atoms with Gasteiger partial charge in [0.1, 0.15) is 11.5 Å². The van der Waals surface area contributed by atoms with E-state index in [1.54, 1.807) is 0 Å².